The lowest BCUT2D eigenvalue weighted by Gasteiger charge is -2.27. The van der Waals surface area contributed by atoms with Gasteiger partial charge in [-0.1, -0.05) is 37.9 Å². The van der Waals surface area contributed by atoms with Gasteiger partial charge in [-0.2, -0.15) is 0 Å². The summed E-state index contributed by atoms with van der Waals surface area (Å²) in [6.07, 6.45) is 1.50. The average molecular weight is 544 g/mol. The number of amides is 2. The van der Waals surface area contributed by atoms with Crippen LogP contribution in [0, 0.1) is 0 Å². The second-order valence-corrected chi connectivity index (χ2v) is 8.51. The maximum atomic E-state index is 13.4. The molecule has 0 aliphatic carbocycles. The fourth-order valence-corrected chi connectivity index (χ4v) is 3.73. The summed E-state index contributed by atoms with van der Waals surface area (Å²) in [7, 11) is 1.43. The van der Waals surface area contributed by atoms with Gasteiger partial charge in [0.05, 0.1) is 18.5 Å². The summed E-state index contributed by atoms with van der Waals surface area (Å²) in [6, 6.07) is 18.9. The highest BCUT2D eigenvalue weighted by Crippen LogP contribution is 2.34. The van der Waals surface area contributed by atoms with Gasteiger partial charge in [0.15, 0.2) is 11.5 Å². The molecule has 1 heterocycles. The molecule has 0 unspecified atom stereocenters. The van der Waals surface area contributed by atoms with Gasteiger partial charge in [-0.15, -0.1) is 0 Å². The van der Waals surface area contributed by atoms with Crippen molar-refractivity contribution in [2.24, 2.45) is 0 Å². The van der Waals surface area contributed by atoms with Crippen LogP contribution in [0.3, 0.4) is 0 Å². The Bertz CT molecular complexity index is 1130. The van der Waals surface area contributed by atoms with E-state index in [0.29, 0.717) is 16.9 Å². The van der Waals surface area contributed by atoms with Crippen molar-refractivity contribution < 1.29 is 19.4 Å². The fourth-order valence-electron chi connectivity index (χ4n) is 3.21. The van der Waals surface area contributed by atoms with Crippen molar-refractivity contribution in [3.8, 4) is 11.5 Å². The van der Waals surface area contributed by atoms with Gasteiger partial charge in [0, 0.05) is 8.95 Å². The SMILES string of the molecule is COc1cc(C=C2C(=O)N(c3ccc(Br)cc3)N(c3ccc(Br)cc3)C2=O)ccc1O. The van der Waals surface area contributed by atoms with E-state index in [2.05, 4.69) is 31.9 Å². The van der Waals surface area contributed by atoms with E-state index in [-0.39, 0.29) is 17.1 Å². The van der Waals surface area contributed by atoms with Crippen molar-refractivity contribution in [1.82, 2.24) is 0 Å². The second kappa shape index (κ2) is 8.56. The Kier molecular flexibility index (Phi) is 5.84. The number of hydrogen-bond donors (Lipinski definition) is 1. The number of nitrogens with zero attached hydrogens (tertiary/aromatic N) is 2. The molecule has 1 aliphatic rings. The van der Waals surface area contributed by atoms with Crippen molar-refractivity contribution in [3.63, 3.8) is 0 Å². The summed E-state index contributed by atoms with van der Waals surface area (Å²) < 4.78 is 6.84. The Morgan fingerprint density at radius 3 is 1.74 bits per heavy atom. The summed E-state index contributed by atoms with van der Waals surface area (Å²) in [6.45, 7) is 0. The molecule has 0 atom stereocenters. The summed E-state index contributed by atoms with van der Waals surface area (Å²) in [5.74, 6) is -0.687. The van der Waals surface area contributed by atoms with Crippen molar-refractivity contribution >= 4 is 61.1 Å². The first-order chi connectivity index (χ1) is 14.9. The van der Waals surface area contributed by atoms with Gasteiger partial charge >= 0.3 is 0 Å². The molecular formula is C23H16Br2N2O4. The molecule has 0 bridgehead atoms. The predicted octanol–water partition coefficient (Wildman–Crippen LogP) is 5.30. The molecule has 6 nitrogen and oxygen atoms in total. The number of rotatable bonds is 4. The van der Waals surface area contributed by atoms with Gasteiger partial charge in [0.2, 0.25) is 0 Å². The number of phenols is 1. The number of carbonyl (C=O) groups excluding carboxylic acids is 2. The topological polar surface area (TPSA) is 70.1 Å². The largest absolute Gasteiger partial charge is 0.504 e. The molecular weight excluding hydrogens is 528 g/mol. The summed E-state index contributed by atoms with van der Waals surface area (Å²) >= 11 is 6.78. The molecule has 31 heavy (non-hydrogen) atoms. The quantitative estimate of drug-likeness (QED) is 0.358. The maximum Gasteiger partial charge on any atom is 0.283 e. The molecule has 1 fully saturated rings. The standard InChI is InChI=1S/C23H16Br2N2O4/c1-31-21-13-14(2-11-20(21)28)12-19-22(29)26(17-7-3-15(24)4-8-17)27(23(19)30)18-9-5-16(25)6-10-18/h2-13,28H,1H3. The Morgan fingerprint density at radius 1 is 0.806 bits per heavy atom. The molecule has 0 aromatic heterocycles. The minimum Gasteiger partial charge on any atom is -0.504 e. The monoisotopic (exact) mass is 542 g/mol. The highest BCUT2D eigenvalue weighted by molar-refractivity contribution is 9.10. The normalized spacial score (nSPS) is 13.7. The van der Waals surface area contributed by atoms with E-state index in [1.54, 1.807) is 60.7 Å². The molecule has 3 aromatic carbocycles. The zero-order chi connectivity index (χ0) is 22.1. The number of halogens is 2. The number of aromatic hydroxyl groups is 1. The van der Waals surface area contributed by atoms with Crippen molar-refractivity contribution in [1.29, 1.82) is 0 Å². The van der Waals surface area contributed by atoms with Crippen LogP contribution in [0.1, 0.15) is 5.56 Å². The van der Waals surface area contributed by atoms with Crippen molar-refractivity contribution in [2.45, 2.75) is 0 Å². The summed E-state index contributed by atoms with van der Waals surface area (Å²) in [4.78, 5) is 26.7. The Balaban J connectivity index is 1.83. The van der Waals surface area contributed by atoms with Gasteiger partial charge < -0.3 is 9.84 Å². The lowest BCUT2D eigenvalue weighted by Crippen LogP contribution is -2.41. The Morgan fingerprint density at radius 2 is 1.29 bits per heavy atom. The van der Waals surface area contributed by atoms with Gasteiger partial charge in [-0.05, 0) is 72.3 Å². The number of hydrogen-bond acceptors (Lipinski definition) is 4. The third-order valence-electron chi connectivity index (χ3n) is 4.70. The predicted molar refractivity (Wildman–Crippen MR) is 126 cm³/mol. The van der Waals surface area contributed by atoms with Crippen LogP contribution in [0.4, 0.5) is 11.4 Å². The Hall–Kier alpha value is -3.10. The first kappa shape index (κ1) is 21.1. The lowest BCUT2D eigenvalue weighted by molar-refractivity contribution is -0.116. The van der Waals surface area contributed by atoms with E-state index >= 15 is 0 Å². The molecule has 8 heteroatoms. The minimum atomic E-state index is -0.456. The van der Waals surface area contributed by atoms with Crippen LogP contribution in [0.5, 0.6) is 11.5 Å². The number of carbonyl (C=O) groups is 2. The van der Waals surface area contributed by atoms with E-state index in [1.165, 1.54) is 29.3 Å². The van der Waals surface area contributed by atoms with E-state index in [9.17, 15) is 14.7 Å². The van der Waals surface area contributed by atoms with Crippen molar-refractivity contribution in [3.05, 3.63) is 86.8 Å². The average Bonchev–Trinajstić information content (AvgIpc) is 3.01. The molecule has 1 aliphatic heterocycles. The van der Waals surface area contributed by atoms with E-state index in [0.717, 1.165) is 8.95 Å². The molecule has 0 saturated carbocycles. The van der Waals surface area contributed by atoms with Crippen LogP contribution in [0.25, 0.3) is 6.08 Å². The molecule has 1 saturated heterocycles. The minimum absolute atomic E-state index is 0.00131. The summed E-state index contributed by atoms with van der Waals surface area (Å²) in [5, 5.41) is 12.5. The van der Waals surface area contributed by atoms with Gasteiger partial charge in [-0.3, -0.25) is 9.59 Å². The number of phenolic OH excluding ortho intramolecular Hbond substituents is 1. The fraction of sp³-hybridized carbons (Fsp3) is 0.0435. The number of benzene rings is 3. The Labute approximate surface area is 195 Å². The number of ether oxygens (including phenoxy) is 1. The molecule has 0 radical (unpaired) electrons. The molecule has 2 amide bonds. The zero-order valence-electron chi connectivity index (χ0n) is 16.3. The maximum absolute atomic E-state index is 13.4. The number of anilines is 2. The van der Waals surface area contributed by atoms with Gasteiger partial charge in [0.25, 0.3) is 11.8 Å². The van der Waals surface area contributed by atoms with Gasteiger partial charge in [-0.25, -0.2) is 10.0 Å². The van der Waals surface area contributed by atoms with Crippen LogP contribution in [-0.2, 0) is 9.59 Å². The van der Waals surface area contributed by atoms with Crippen LogP contribution in [0.15, 0.2) is 81.2 Å². The van der Waals surface area contributed by atoms with E-state index in [4.69, 9.17) is 4.74 Å². The molecule has 3 aromatic rings. The van der Waals surface area contributed by atoms with Crippen LogP contribution >= 0.6 is 31.9 Å². The van der Waals surface area contributed by atoms with Crippen molar-refractivity contribution in [2.75, 3.05) is 17.1 Å². The first-order valence-corrected chi connectivity index (χ1v) is 10.8. The highest BCUT2D eigenvalue weighted by atomic mass is 79.9. The third-order valence-corrected chi connectivity index (χ3v) is 5.76. The molecule has 0 spiro atoms. The second-order valence-electron chi connectivity index (χ2n) is 6.68. The lowest BCUT2D eigenvalue weighted by atomic mass is 10.1. The van der Waals surface area contributed by atoms with E-state index in [1.807, 2.05) is 0 Å². The van der Waals surface area contributed by atoms with Crippen LogP contribution < -0.4 is 14.8 Å². The van der Waals surface area contributed by atoms with Gasteiger partial charge in [0.1, 0.15) is 5.57 Å². The third kappa shape index (κ3) is 4.08. The molecule has 4 rings (SSSR count). The molecule has 1 N–H and O–H groups in total. The van der Waals surface area contributed by atoms with Crippen LogP contribution in [-0.4, -0.2) is 24.0 Å². The summed E-state index contributed by atoms with van der Waals surface area (Å²) in [5.41, 5.74) is 1.66. The highest BCUT2D eigenvalue weighted by Gasteiger charge is 2.42. The van der Waals surface area contributed by atoms with Crippen LogP contribution in [0.2, 0.25) is 0 Å². The number of methoxy groups -OCH3 is 1. The smallest absolute Gasteiger partial charge is 0.283 e. The van der Waals surface area contributed by atoms with E-state index < -0.39 is 11.8 Å². The number of hydrazine groups is 1. The molecule has 156 valence electrons. The first-order valence-electron chi connectivity index (χ1n) is 9.17. The zero-order valence-corrected chi connectivity index (χ0v) is 19.4.